The van der Waals surface area contributed by atoms with Crippen molar-refractivity contribution in [1.29, 1.82) is 0 Å². The lowest BCUT2D eigenvalue weighted by molar-refractivity contribution is 0.180. The number of nitrogens with two attached hydrogens (primary N) is 1. The minimum Gasteiger partial charge on any atom is -0.330 e. The van der Waals surface area contributed by atoms with Gasteiger partial charge in [0.1, 0.15) is 5.82 Å². The molecule has 0 spiro atoms. The molecule has 1 aromatic carbocycles. The van der Waals surface area contributed by atoms with Crippen LogP contribution in [-0.2, 0) is 6.54 Å². The Balaban J connectivity index is 0.00000162. The van der Waals surface area contributed by atoms with Crippen LogP contribution < -0.4 is 5.73 Å². The molecule has 5 heteroatoms. The van der Waals surface area contributed by atoms with Crippen LogP contribution in [0.4, 0.5) is 4.39 Å². The van der Waals surface area contributed by atoms with Gasteiger partial charge < -0.3 is 5.73 Å². The summed E-state index contributed by atoms with van der Waals surface area (Å²) < 4.78 is 13.2. The summed E-state index contributed by atoms with van der Waals surface area (Å²) in [5, 5.41) is 0.469. The van der Waals surface area contributed by atoms with Gasteiger partial charge in [0, 0.05) is 11.6 Å². The first-order valence-electron chi connectivity index (χ1n) is 6.05. The normalized spacial score (nSPS) is 17.5. The molecule has 0 atom stereocenters. The van der Waals surface area contributed by atoms with E-state index in [1.54, 1.807) is 6.07 Å². The summed E-state index contributed by atoms with van der Waals surface area (Å²) in [6.45, 7) is 3.63. The molecule has 1 fully saturated rings. The fourth-order valence-corrected chi connectivity index (χ4v) is 2.59. The second kappa shape index (κ2) is 7.29. The van der Waals surface area contributed by atoms with E-state index in [-0.39, 0.29) is 18.2 Å². The molecule has 0 bridgehead atoms. The fraction of sp³-hybridized carbons (Fsp3) is 0.538. The number of hydrogen-bond donors (Lipinski definition) is 1. The minimum absolute atomic E-state index is 0. The molecule has 18 heavy (non-hydrogen) atoms. The second-order valence-corrected chi connectivity index (χ2v) is 5.17. The van der Waals surface area contributed by atoms with Gasteiger partial charge in [-0.05, 0) is 62.2 Å². The van der Waals surface area contributed by atoms with Crippen molar-refractivity contribution in [3.05, 3.63) is 34.6 Å². The van der Waals surface area contributed by atoms with E-state index < -0.39 is 0 Å². The molecule has 0 radical (unpaired) electrons. The molecule has 1 heterocycles. The van der Waals surface area contributed by atoms with Crippen molar-refractivity contribution in [2.75, 3.05) is 19.6 Å². The third-order valence-electron chi connectivity index (χ3n) is 3.37. The third-order valence-corrected chi connectivity index (χ3v) is 3.59. The van der Waals surface area contributed by atoms with Gasteiger partial charge in [-0.3, -0.25) is 4.90 Å². The Kier molecular flexibility index (Phi) is 6.36. The highest BCUT2D eigenvalue weighted by molar-refractivity contribution is 6.30. The van der Waals surface area contributed by atoms with Gasteiger partial charge in [0.2, 0.25) is 0 Å². The van der Waals surface area contributed by atoms with Crippen molar-refractivity contribution in [3.63, 3.8) is 0 Å². The lowest BCUT2D eigenvalue weighted by atomic mass is 9.97. The van der Waals surface area contributed by atoms with Gasteiger partial charge in [-0.25, -0.2) is 4.39 Å². The van der Waals surface area contributed by atoms with E-state index >= 15 is 0 Å². The average Bonchev–Trinajstić information content (AvgIpc) is 2.28. The summed E-state index contributed by atoms with van der Waals surface area (Å²) in [5.74, 6) is 0.395. The van der Waals surface area contributed by atoms with Crippen LogP contribution in [0.3, 0.4) is 0 Å². The van der Waals surface area contributed by atoms with Crippen LogP contribution in [-0.4, -0.2) is 24.5 Å². The third kappa shape index (κ3) is 4.39. The first kappa shape index (κ1) is 15.7. The van der Waals surface area contributed by atoms with Crippen molar-refractivity contribution < 1.29 is 4.39 Å². The Bertz CT molecular complexity index is 359. The first-order chi connectivity index (χ1) is 8.17. The Morgan fingerprint density at radius 2 is 1.94 bits per heavy atom. The largest absolute Gasteiger partial charge is 0.330 e. The van der Waals surface area contributed by atoms with E-state index in [4.69, 9.17) is 17.3 Å². The number of hydrogen-bond acceptors (Lipinski definition) is 2. The molecule has 2 nitrogen and oxygen atoms in total. The number of likely N-dealkylation sites (tertiary alicyclic amines) is 1. The molecule has 1 saturated heterocycles. The van der Waals surface area contributed by atoms with E-state index in [1.807, 2.05) is 6.07 Å². The van der Waals surface area contributed by atoms with Crippen molar-refractivity contribution in [2.45, 2.75) is 19.4 Å². The summed E-state index contributed by atoms with van der Waals surface area (Å²) in [5.41, 5.74) is 6.60. The summed E-state index contributed by atoms with van der Waals surface area (Å²) in [4.78, 5) is 2.33. The van der Waals surface area contributed by atoms with Crippen LogP contribution >= 0.6 is 24.0 Å². The summed E-state index contributed by atoms with van der Waals surface area (Å²) in [6.07, 6.45) is 2.28. The van der Waals surface area contributed by atoms with Crippen molar-refractivity contribution in [2.24, 2.45) is 11.7 Å². The molecule has 2 rings (SSSR count). The predicted octanol–water partition coefficient (Wildman–Crippen LogP) is 3.07. The molecule has 0 unspecified atom stereocenters. The van der Waals surface area contributed by atoms with E-state index in [2.05, 4.69) is 4.90 Å². The number of piperidine rings is 1. The molecular formula is C13H19Cl2FN2. The van der Waals surface area contributed by atoms with Crippen molar-refractivity contribution in [1.82, 2.24) is 4.90 Å². The van der Waals surface area contributed by atoms with Crippen LogP contribution in [0.15, 0.2) is 18.2 Å². The zero-order chi connectivity index (χ0) is 12.3. The Morgan fingerprint density at radius 3 is 2.50 bits per heavy atom. The topological polar surface area (TPSA) is 29.3 Å². The smallest absolute Gasteiger partial charge is 0.125 e. The Morgan fingerprint density at radius 1 is 1.28 bits per heavy atom. The number of rotatable bonds is 3. The molecule has 0 aromatic heterocycles. The maximum absolute atomic E-state index is 13.2. The molecule has 2 N–H and O–H groups in total. The van der Waals surface area contributed by atoms with Crippen LogP contribution in [0.2, 0.25) is 5.02 Å². The molecule has 1 aliphatic heterocycles. The molecule has 102 valence electrons. The van der Waals surface area contributed by atoms with Gasteiger partial charge in [-0.15, -0.1) is 12.4 Å². The maximum atomic E-state index is 13.2. The lowest BCUT2D eigenvalue weighted by Gasteiger charge is -2.31. The quantitative estimate of drug-likeness (QED) is 0.928. The number of benzene rings is 1. The second-order valence-electron chi connectivity index (χ2n) is 4.73. The molecule has 0 saturated carbocycles. The zero-order valence-electron chi connectivity index (χ0n) is 10.2. The van der Waals surface area contributed by atoms with Gasteiger partial charge >= 0.3 is 0 Å². The first-order valence-corrected chi connectivity index (χ1v) is 6.42. The zero-order valence-corrected chi connectivity index (χ0v) is 11.8. The van der Waals surface area contributed by atoms with E-state index in [0.717, 1.165) is 44.6 Å². The lowest BCUT2D eigenvalue weighted by Crippen LogP contribution is -2.35. The SMILES string of the molecule is Cl.NCC1CCN(Cc2cc(F)cc(Cl)c2)CC1. The van der Waals surface area contributed by atoms with Crippen LogP contribution in [0.1, 0.15) is 18.4 Å². The van der Waals surface area contributed by atoms with Gasteiger partial charge in [0.15, 0.2) is 0 Å². The molecule has 0 amide bonds. The molecular weight excluding hydrogens is 274 g/mol. The number of halogens is 3. The van der Waals surface area contributed by atoms with Crippen LogP contribution in [0, 0.1) is 11.7 Å². The Labute approximate surface area is 119 Å². The standard InChI is InChI=1S/C13H18ClFN2.ClH/c14-12-5-11(6-13(15)7-12)9-17-3-1-10(8-16)2-4-17;/h5-7,10H,1-4,8-9,16H2;1H. The highest BCUT2D eigenvalue weighted by Gasteiger charge is 2.18. The summed E-state index contributed by atoms with van der Waals surface area (Å²) in [6, 6.07) is 4.73. The Hall–Kier alpha value is -0.350. The maximum Gasteiger partial charge on any atom is 0.125 e. The molecule has 1 aromatic rings. The van der Waals surface area contributed by atoms with Crippen molar-refractivity contribution in [3.8, 4) is 0 Å². The summed E-state index contributed by atoms with van der Waals surface area (Å²) in [7, 11) is 0. The fourth-order valence-electron chi connectivity index (χ4n) is 2.34. The monoisotopic (exact) mass is 292 g/mol. The van der Waals surface area contributed by atoms with Gasteiger partial charge in [-0.1, -0.05) is 11.6 Å². The van der Waals surface area contributed by atoms with Crippen LogP contribution in [0.5, 0.6) is 0 Å². The molecule has 1 aliphatic rings. The molecule has 0 aliphatic carbocycles. The van der Waals surface area contributed by atoms with Gasteiger partial charge in [0.25, 0.3) is 0 Å². The highest BCUT2D eigenvalue weighted by Crippen LogP contribution is 2.20. The van der Waals surface area contributed by atoms with E-state index in [9.17, 15) is 4.39 Å². The van der Waals surface area contributed by atoms with E-state index in [1.165, 1.54) is 6.07 Å². The summed E-state index contributed by atoms with van der Waals surface area (Å²) >= 11 is 5.84. The van der Waals surface area contributed by atoms with Gasteiger partial charge in [-0.2, -0.15) is 0 Å². The van der Waals surface area contributed by atoms with Crippen LogP contribution in [0.25, 0.3) is 0 Å². The number of nitrogens with zero attached hydrogens (tertiary/aromatic N) is 1. The minimum atomic E-state index is -0.260. The van der Waals surface area contributed by atoms with Gasteiger partial charge in [0.05, 0.1) is 0 Å². The highest BCUT2D eigenvalue weighted by atomic mass is 35.5. The van der Waals surface area contributed by atoms with Crippen molar-refractivity contribution >= 4 is 24.0 Å². The average molecular weight is 293 g/mol. The predicted molar refractivity (Wildman–Crippen MR) is 75.7 cm³/mol. The van der Waals surface area contributed by atoms with E-state index in [0.29, 0.717) is 10.9 Å².